The minimum absolute atomic E-state index is 1.06. The Morgan fingerprint density at radius 1 is 0.417 bits per heavy atom. The summed E-state index contributed by atoms with van der Waals surface area (Å²) >= 11 is 0. The van der Waals surface area contributed by atoms with E-state index in [0.29, 0.717) is 0 Å². The molecule has 114 valence electrons. The maximum absolute atomic E-state index is 4.33. The van der Waals surface area contributed by atoms with Crippen molar-refractivity contribution in [3.05, 3.63) is 103 Å². The van der Waals surface area contributed by atoms with Crippen molar-refractivity contribution in [3.63, 3.8) is 0 Å². The van der Waals surface area contributed by atoms with Gasteiger partial charge in [0.2, 0.25) is 0 Å². The average molecular weight is 307 g/mol. The molecule has 0 bridgehead atoms. The zero-order valence-corrected chi connectivity index (χ0v) is 13.3. The number of benzene rings is 4. The van der Waals surface area contributed by atoms with E-state index in [1.165, 1.54) is 26.9 Å². The lowest BCUT2D eigenvalue weighted by Crippen LogP contribution is -1.79. The lowest BCUT2D eigenvalue weighted by atomic mass is 10.1. The van der Waals surface area contributed by atoms with Crippen LogP contribution >= 0.6 is 0 Å². The molecule has 0 saturated carbocycles. The van der Waals surface area contributed by atoms with E-state index in [-0.39, 0.29) is 0 Å². The number of pyridine rings is 1. The second-order valence-electron chi connectivity index (χ2n) is 5.70. The van der Waals surface area contributed by atoms with E-state index >= 15 is 0 Å². The van der Waals surface area contributed by atoms with E-state index in [0.717, 1.165) is 5.52 Å². The molecule has 0 spiro atoms. The smallest absolute Gasteiger partial charge is 0.0708 e. The predicted molar refractivity (Wildman–Crippen MR) is 103 cm³/mol. The average Bonchev–Trinajstić information content (AvgIpc) is 2.68. The second kappa shape index (κ2) is 6.51. The van der Waals surface area contributed by atoms with Crippen LogP contribution in [-0.4, -0.2) is 4.98 Å². The zero-order valence-electron chi connectivity index (χ0n) is 13.3. The highest BCUT2D eigenvalue weighted by atomic mass is 14.6. The molecule has 1 heterocycles. The fourth-order valence-electron chi connectivity index (χ4n) is 2.97. The van der Waals surface area contributed by atoms with Gasteiger partial charge in [-0.25, -0.2) is 0 Å². The summed E-state index contributed by atoms with van der Waals surface area (Å²) in [5, 5.41) is 6.40. The van der Waals surface area contributed by atoms with Crippen LogP contribution < -0.4 is 0 Å². The summed E-state index contributed by atoms with van der Waals surface area (Å²) in [5.41, 5.74) is 1.06. The molecule has 0 amide bonds. The van der Waals surface area contributed by atoms with Crippen LogP contribution in [0.2, 0.25) is 0 Å². The molecule has 1 aromatic heterocycles. The molecule has 4 aromatic carbocycles. The van der Waals surface area contributed by atoms with Gasteiger partial charge >= 0.3 is 0 Å². The van der Waals surface area contributed by atoms with Crippen LogP contribution in [0.3, 0.4) is 0 Å². The van der Waals surface area contributed by atoms with Crippen LogP contribution in [-0.2, 0) is 0 Å². The number of aromatic nitrogens is 1. The highest BCUT2D eigenvalue weighted by Crippen LogP contribution is 2.23. The van der Waals surface area contributed by atoms with Crippen LogP contribution in [0.4, 0.5) is 0 Å². The molecule has 1 heteroatoms. The van der Waals surface area contributed by atoms with Crippen LogP contribution in [0.5, 0.6) is 0 Å². The van der Waals surface area contributed by atoms with E-state index in [1.807, 2.05) is 12.3 Å². The minimum Gasteiger partial charge on any atom is -0.256 e. The SMILES string of the molecule is c1ccc2c(c1)ccc1ncccc12.c1ccc2ccccc2c1. The van der Waals surface area contributed by atoms with E-state index in [4.69, 9.17) is 0 Å². The minimum atomic E-state index is 1.06. The van der Waals surface area contributed by atoms with Crippen molar-refractivity contribution in [2.45, 2.75) is 0 Å². The Balaban J connectivity index is 0.000000129. The molecule has 0 saturated heterocycles. The normalized spacial score (nSPS) is 10.5. The van der Waals surface area contributed by atoms with Gasteiger partial charge in [-0.15, -0.1) is 0 Å². The van der Waals surface area contributed by atoms with Crippen LogP contribution in [0.1, 0.15) is 0 Å². The standard InChI is InChI=1S/C13H9N.C10H8/c1-2-5-11-10(4-1)7-8-13-12(11)6-3-9-14-13;1-2-6-10-8-4-3-7-9(10)5-1/h1-9H;1-8H. The number of hydrogen-bond acceptors (Lipinski definition) is 1. The summed E-state index contributed by atoms with van der Waals surface area (Å²) in [6, 6.07) is 33.4. The molecule has 1 nitrogen and oxygen atoms in total. The van der Waals surface area contributed by atoms with Gasteiger partial charge in [-0.05, 0) is 33.7 Å². The summed E-state index contributed by atoms with van der Waals surface area (Å²) < 4.78 is 0. The molecule has 0 unspecified atom stereocenters. The number of fused-ring (bicyclic) bond motifs is 4. The van der Waals surface area contributed by atoms with Crippen molar-refractivity contribution in [2.24, 2.45) is 0 Å². The van der Waals surface area contributed by atoms with Crippen molar-refractivity contribution >= 4 is 32.4 Å². The highest BCUT2D eigenvalue weighted by molar-refractivity contribution is 6.05. The number of hydrogen-bond donors (Lipinski definition) is 0. The van der Waals surface area contributed by atoms with Crippen LogP contribution in [0.15, 0.2) is 103 Å². The first-order chi connectivity index (χ1) is 11.9. The zero-order chi connectivity index (χ0) is 16.2. The molecule has 5 rings (SSSR count). The molecule has 0 N–H and O–H groups in total. The molecule has 0 atom stereocenters. The first-order valence-electron chi connectivity index (χ1n) is 8.08. The van der Waals surface area contributed by atoms with Gasteiger partial charge in [0.15, 0.2) is 0 Å². The predicted octanol–water partition coefficient (Wildman–Crippen LogP) is 6.23. The van der Waals surface area contributed by atoms with Crippen molar-refractivity contribution in [1.82, 2.24) is 4.98 Å². The Bertz CT molecular complexity index is 992. The van der Waals surface area contributed by atoms with Gasteiger partial charge in [0.25, 0.3) is 0 Å². The largest absolute Gasteiger partial charge is 0.256 e. The molecule has 0 aliphatic carbocycles. The first kappa shape index (κ1) is 14.4. The lowest BCUT2D eigenvalue weighted by Gasteiger charge is -2.01. The van der Waals surface area contributed by atoms with Gasteiger partial charge in [-0.1, -0.05) is 84.9 Å². The molecule has 0 radical (unpaired) electrons. The Morgan fingerprint density at radius 2 is 0.958 bits per heavy atom. The molecule has 5 aromatic rings. The topological polar surface area (TPSA) is 12.9 Å². The second-order valence-corrected chi connectivity index (χ2v) is 5.70. The van der Waals surface area contributed by atoms with E-state index in [9.17, 15) is 0 Å². The molecular formula is C23H17N. The van der Waals surface area contributed by atoms with E-state index < -0.39 is 0 Å². The van der Waals surface area contributed by atoms with Gasteiger partial charge in [-0.3, -0.25) is 4.98 Å². The van der Waals surface area contributed by atoms with Gasteiger partial charge < -0.3 is 0 Å². The molecular weight excluding hydrogens is 290 g/mol. The molecule has 24 heavy (non-hydrogen) atoms. The third-order valence-electron chi connectivity index (χ3n) is 4.17. The quantitative estimate of drug-likeness (QED) is 0.309. The fourth-order valence-corrected chi connectivity index (χ4v) is 2.97. The summed E-state index contributed by atoms with van der Waals surface area (Å²) in [6.45, 7) is 0. The Morgan fingerprint density at radius 3 is 1.62 bits per heavy atom. The van der Waals surface area contributed by atoms with Crippen molar-refractivity contribution in [1.29, 1.82) is 0 Å². The molecule has 0 aliphatic heterocycles. The van der Waals surface area contributed by atoms with Crippen LogP contribution in [0, 0.1) is 0 Å². The van der Waals surface area contributed by atoms with Crippen molar-refractivity contribution in [2.75, 3.05) is 0 Å². The van der Waals surface area contributed by atoms with Crippen molar-refractivity contribution in [3.8, 4) is 0 Å². The summed E-state index contributed by atoms with van der Waals surface area (Å²) in [7, 11) is 0. The van der Waals surface area contributed by atoms with Crippen LogP contribution in [0.25, 0.3) is 32.4 Å². The maximum atomic E-state index is 4.33. The van der Waals surface area contributed by atoms with Crippen molar-refractivity contribution < 1.29 is 0 Å². The third kappa shape index (κ3) is 2.84. The Kier molecular flexibility index (Phi) is 3.91. The van der Waals surface area contributed by atoms with E-state index in [2.05, 4.69) is 96.0 Å². The Labute approximate surface area is 141 Å². The first-order valence-corrected chi connectivity index (χ1v) is 8.08. The van der Waals surface area contributed by atoms with Gasteiger partial charge in [0.1, 0.15) is 0 Å². The monoisotopic (exact) mass is 307 g/mol. The summed E-state index contributed by atoms with van der Waals surface area (Å²) in [6.07, 6.45) is 1.83. The number of rotatable bonds is 0. The molecule has 0 fully saturated rings. The molecule has 0 aliphatic rings. The van der Waals surface area contributed by atoms with Gasteiger partial charge in [0, 0.05) is 11.6 Å². The third-order valence-corrected chi connectivity index (χ3v) is 4.17. The highest BCUT2D eigenvalue weighted by Gasteiger charge is 1.98. The summed E-state index contributed by atoms with van der Waals surface area (Å²) in [5.74, 6) is 0. The lowest BCUT2D eigenvalue weighted by molar-refractivity contribution is 1.42. The van der Waals surface area contributed by atoms with Gasteiger partial charge in [0.05, 0.1) is 5.52 Å². The maximum Gasteiger partial charge on any atom is 0.0708 e. The van der Waals surface area contributed by atoms with Gasteiger partial charge in [-0.2, -0.15) is 0 Å². The fraction of sp³-hybridized carbons (Fsp3) is 0. The van der Waals surface area contributed by atoms with E-state index in [1.54, 1.807) is 0 Å². The Hall–Kier alpha value is -3.19. The summed E-state index contributed by atoms with van der Waals surface area (Å²) in [4.78, 5) is 4.33. The number of nitrogens with zero attached hydrogens (tertiary/aromatic N) is 1.